The van der Waals surface area contributed by atoms with Gasteiger partial charge in [0, 0.05) is 30.8 Å². The first kappa shape index (κ1) is 11.9. The molecular formula is C11H19N3O. The SMILES string of the molecule is CCCNC(COC)c1cnccc1N. The van der Waals surface area contributed by atoms with Gasteiger partial charge in [0.05, 0.1) is 12.6 Å². The molecule has 0 aliphatic rings. The van der Waals surface area contributed by atoms with Crippen LogP contribution in [0, 0.1) is 0 Å². The normalized spacial score (nSPS) is 12.7. The molecule has 1 heterocycles. The van der Waals surface area contributed by atoms with Gasteiger partial charge in [-0.15, -0.1) is 0 Å². The van der Waals surface area contributed by atoms with E-state index in [1.54, 1.807) is 19.5 Å². The van der Waals surface area contributed by atoms with Crippen LogP contribution in [0.2, 0.25) is 0 Å². The highest BCUT2D eigenvalue weighted by Gasteiger charge is 2.12. The largest absolute Gasteiger partial charge is 0.398 e. The molecule has 0 saturated carbocycles. The van der Waals surface area contributed by atoms with Crippen molar-refractivity contribution in [2.75, 3.05) is 26.0 Å². The van der Waals surface area contributed by atoms with Crippen molar-refractivity contribution in [2.24, 2.45) is 0 Å². The molecule has 0 fully saturated rings. The van der Waals surface area contributed by atoms with Crippen molar-refractivity contribution >= 4 is 5.69 Å². The molecule has 0 aliphatic heterocycles. The highest BCUT2D eigenvalue weighted by molar-refractivity contribution is 5.46. The zero-order valence-electron chi connectivity index (χ0n) is 9.36. The van der Waals surface area contributed by atoms with Gasteiger partial charge in [-0.2, -0.15) is 0 Å². The summed E-state index contributed by atoms with van der Waals surface area (Å²) in [5, 5.41) is 3.38. The maximum Gasteiger partial charge on any atom is 0.0659 e. The highest BCUT2D eigenvalue weighted by Crippen LogP contribution is 2.18. The number of aromatic nitrogens is 1. The summed E-state index contributed by atoms with van der Waals surface area (Å²) in [6.45, 7) is 3.68. The molecule has 0 aromatic carbocycles. The van der Waals surface area contributed by atoms with Crippen molar-refractivity contribution in [2.45, 2.75) is 19.4 Å². The molecule has 0 amide bonds. The van der Waals surface area contributed by atoms with Gasteiger partial charge in [-0.05, 0) is 19.0 Å². The number of methoxy groups -OCH3 is 1. The Morgan fingerprint density at radius 2 is 2.40 bits per heavy atom. The summed E-state index contributed by atoms with van der Waals surface area (Å²) in [4.78, 5) is 4.08. The quantitative estimate of drug-likeness (QED) is 0.742. The molecule has 0 aliphatic carbocycles. The molecule has 1 aromatic heterocycles. The lowest BCUT2D eigenvalue weighted by atomic mass is 10.1. The molecule has 4 nitrogen and oxygen atoms in total. The van der Waals surface area contributed by atoms with Crippen LogP contribution in [-0.4, -0.2) is 25.2 Å². The fourth-order valence-electron chi connectivity index (χ4n) is 1.45. The number of pyridine rings is 1. The number of rotatable bonds is 6. The van der Waals surface area contributed by atoms with Crippen LogP contribution in [-0.2, 0) is 4.74 Å². The van der Waals surface area contributed by atoms with Crippen LogP contribution < -0.4 is 11.1 Å². The molecule has 0 spiro atoms. The van der Waals surface area contributed by atoms with Crippen LogP contribution in [0.4, 0.5) is 5.69 Å². The summed E-state index contributed by atoms with van der Waals surface area (Å²) < 4.78 is 5.16. The lowest BCUT2D eigenvalue weighted by Gasteiger charge is -2.19. The standard InChI is InChI=1S/C11H19N3O/c1-3-5-14-11(8-15-2)9-7-13-6-4-10(9)12/h4,6-7,11,14H,3,5,8H2,1-2H3,(H2,12,13). The third-order valence-electron chi connectivity index (χ3n) is 2.24. The minimum absolute atomic E-state index is 0.128. The molecule has 1 atom stereocenters. The second kappa shape index (κ2) is 6.37. The van der Waals surface area contributed by atoms with Gasteiger partial charge in [0.25, 0.3) is 0 Å². The van der Waals surface area contributed by atoms with Gasteiger partial charge in [-0.3, -0.25) is 4.98 Å². The van der Waals surface area contributed by atoms with E-state index >= 15 is 0 Å². The molecule has 15 heavy (non-hydrogen) atoms. The topological polar surface area (TPSA) is 60.2 Å². The van der Waals surface area contributed by atoms with E-state index in [1.165, 1.54) is 0 Å². The molecule has 0 radical (unpaired) electrons. The summed E-state index contributed by atoms with van der Waals surface area (Å²) in [5.74, 6) is 0. The van der Waals surface area contributed by atoms with E-state index < -0.39 is 0 Å². The van der Waals surface area contributed by atoms with Crippen molar-refractivity contribution < 1.29 is 4.74 Å². The number of hydrogen-bond acceptors (Lipinski definition) is 4. The van der Waals surface area contributed by atoms with E-state index in [0.29, 0.717) is 6.61 Å². The van der Waals surface area contributed by atoms with Crippen LogP contribution in [0.3, 0.4) is 0 Å². The Balaban J connectivity index is 2.74. The average molecular weight is 209 g/mol. The number of ether oxygens (including phenoxy) is 1. The Morgan fingerprint density at radius 1 is 1.60 bits per heavy atom. The second-order valence-corrected chi connectivity index (χ2v) is 3.47. The summed E-state index contributed by atoms with van der Waals surface area (Å²) in [5.41, 5.74) is 7.65. The number of nitrogens with zero attached hydrogens (tertiary/aromatic N) is 1. The zero-order valence-corrected chi connectivity index (χ0v) is 9.36. The number of nitrogens with one attached hydrogen (secondary N) is 1. The van der Waals surface area contributed by atoms with Crippen LogP contribution in [0.5, 0.6) is 0 Å². The molecule has 0 bridgehead atoms. The van der Waals surface area contributed by atoms with Crippen molar-refractivity contribution in [3.05, 3.63) is 24.0 Å². The Kier molecular flexibility index (Phi) is 5.07. The monoisotopic (exact) mass is 209 g/mol. The fourth-order valence-corrected chi connectivity index (χ4v) is 1.45. The summed E-state index contributed by atoms with van der Waals surface area (Å²) in [6, 6.07) is 1.94. The summed E-state index contributed by atoms with van der Waals surface area (Å²) >= 11 is 0. The third kappa shape index (κ3) is 3.49. The maximum atomic E-state index is 5.89. The van der Waals surface area contributed by atoms with E-state index in [2.05, 4.69) is 17.2 Å². The van der Waals surface area contributed by atoms with Gasteiger partial charge < -0.3 is 15.8 Å². The molecule has 1 aromatic rings. The van der Waals surface area contributed by atoms with Crippen LogP contribution in [0.1, 0.15) is 24.9 Å². The number of anilines is 1. The van der Waals surface area contributed by atoms with Crippen LogP contribution in [0.25, 0.3) is 0 Å². The van der Waals surface area contributed by atoms with Crippen molar-refractivity contribution in [1.82, 2.24) is 10.3 Å². The molecule has 3 N–H and O–H groups in total. The van der Waals surface area contributed by atoms with Crippen molar-refractivity contribution in [1.29, 1.82) is 0 Å². The Labute approximate surface area is 90.8 Å². The summed E-state index contributed by atoms with van der Waals surface area (Å²) in [7, 11) is 1.69. The third-order valence-corrected chi connectivity index (χ3v) is 2.24. The van der Waals surface area contributed by atoms with Crippen molar-refractivity contribution in [3.8, 4) is 0 Å². The molecule has 0 saturated heterocycles. The first-order chi connectivity index (χ1) is 7.29. The van der Waals surface area contributed by atoms with Gasteiger partial charge in [0.2, 0.25) is 0 Å². The van der Waals surface area contributed by atoms with Gasteiger partial charge >= 0.3 is 0 Å². The lowest BCUT2D eigenvalue weighted by molar-refractivity contribution is 0.167. The van der Waals surface area contributed by atoms with Crippen molar-refractivity contribution in [3.63, 3.8) is 0 Å². The molecule has 84 valence electrons. The first-order valence-corrected chi connectivity index (χ1v) is 5.21. The summed E-state index contributed by atoms with van der Waals surface area (Å²) in [6.07, 6.45) is 4.57. The molecule has 1 unspecified atom stereocenters. The predicted molar refractivity (Wildman–Crippen MR) is 61.6 cm³/mol. The molecule has 4 heteroatoms. The lowest BCUT2D eigenvalue weighted by Crippen LogP contribution is -2.26. The number of hydrogen-bond donors (Lipinski definition) is 2. The first-order valence-electron chi connectivity index (χ1n) is 5.21. The fraction of sp³-hybridized carbons (Fsp3) is 0.545. The van der Waals surface area contributed by atoms with Gasteiger partial charge in [-0.25, -0.2) is 0 Å². The highest BCUT2D eigenvalue weighted by atomic mass is 16.5. The van der Waals surface area contributed by atoms with E-state index in [9.17, 15) is 0 Å². The second-order valence-electron chi connectivity index (χ2n) is 3.47. The Bertz CT molecular complexity index is 291. The van der Waals surface area contributed by atoms with E-state index in [0.717, 1.165) is 24.2 Å². The minimum Gasteiger partial charge on any atom is -0.398 e. The average Bonchev–Trinajstić information content (AvgIpc) is 2.25. The number of nitrogens with two attached hydrogens (primary N) is 1. The van der Waals surface area contributed by atoms with Crippen LogP contribution in [0.15, 0.2) is 18.5 Å². The smallest absolute Gasteiger partial charge is 0.0659 e. The van der Waals surface area contributed by atoms with E-state index in [4.69, 9.17) is 10.5 Å². The number of nitrogen functional groups attached to an aromatic ring is 1. The minimum atomic E-state index is 0.128. The zero-order chi connectivity index (χ0) is 11.1. The van der Waals surface area contributed by atoms with Gasteiger partial charge in [0.1, 0.15) is 0 Å². The van der Waals surface area contributed by atoms with Gasteiger partial charge in [0.15, 0.2) is 0 Å². The van der Waals surface area contributed by atoms with E-state index in [-0.39, 0.29) is 6.04 Å². The molecular weight excluding hydrogens is 190 g/mol. The van der Waals surface area contributed by atoms with Gasteiger partial charge in [-0.1, -0.05) is 6.92 Å². The molecule has 1 rings (SSSR count). The van der Waals surface area contributed by atoms with Crippen LogP contribution >= 0.6 is 0 Å². The Morgan fingerprint density at radius 3 is 3.00 bits per heavy atom. The van der Waals surface area contributed by atoms with E-state index in [1.807, 2.05) is 6.07 Å². The Hall–Kier alpha value is -1.13. The maximum absolute atomic E-state index is 5.89. The predicted octanol–water partition coefficient (Wildman–Crippen LogP) is 1.35.